The molecule has 0 spiro atoms. The highest BCUT2D eigenvalue weighted by Crippen LogP contribution is 2.15. The van der Waals surface area contributed by atoms with Crippen LogP contribution in [0, 0.1) is 6.07 Å². The summed E-state index contributed by atoms with van der Waals surface area (Å²) in [5.41, 5.74) is 1.05. The fourth-order valence-corrected chi connectivity index (χ4v) is 2.22. The normalized spacial score (nSPS) is 10.2. The van der Waals surface area contributed by atoms with Gasteiger partial charge in [-0.1, -0.05) is 23.7 Å². The van der Waals surface area contributed by atoms with Gasteiger partial charge in [-0.15, -0.1) is 11.3 Å². The fourth-order valence-electron chi connectivity index (χ4n) is 1.33. The predicted octanol–water partition coefficient (Wildman–Crippen LogP) is 3.86. The average molecular weight is 237 g/mol. The molecule has 0 amide bonds. The Hall–Kier alpha value is -0.990. The minimum Gasteiger partial charge on any atom is -0.385 e. The van der Waals surface area contributed by atoms with E-state index in [0.29, 0.717) is 5.02 Å². The van der Waals surface area contributed by atoms with Crippen LogP contribution in [0.15, 0.2) is 35.7 Å². The molecule has 1 heterocycles. The third-order valence-corrected chi connectivity index (χ3v) is 3.20. The first-order valence-corrected chi connectivity index (χ1v) is 6.04. The number of hydrogen-bond donors (Lipinski definition) is 1. The quantitative estimate of drug-likeness (QED) is 0.850. The van der Waals surface area contributed by atoms with Crippen molar-refractivity contribution in [1.82, 2.24) is 0 Å². The van der Waals surface area contributed by atoms with Gasteiger partial charge in [0.05, 0.1) is 5.02 Å². The van der Waals surface area contributed by atoms with Gasteiger partial charge < -0.3 is 5.32 Å². The summed E-state index contributed by atoms with van der Waals surface area (Å²) in [6.45, 7) is 0.931. The summed E-state index contributed by atoms with van der Waals surface area (Å²) in [6.07, 6.45) is 1.05. The van der Waals surface area contributed by atoms with Gasteiger partial charge in [-0.2, -0.15) is 0 Å². The molecule has 2 aromatic rings. The number of halogens is 1. The first kappa shape index (κ1) is 10.5. The summed E-state index contributed by atoms with van der Waals surface area (Å²) in [5.74, 6) is 0. The van der Waals surface area contributed by atoms with Gasteiger partial charge in [0.1, 0.15) is 0 Å². The average Bonchev–Trinajstić information content (AvgIpc) is 2.71. The van der Waals surface area contributed by atoms with E-state index in [1.165, 1.54) is 4.88 Å². The van der Waals surface area contributed by atoms with Crippen LogP contribution in [0.2, 0.25) is 5.02 Å². The number of nitrogens with one attached hydrogen (secondary N) is 1. The number of rotatable bonds is 4. The van der Waals surface area contributed by atoms with Gasteiger partial charge in [0.25, 0.3) is 0 Å². The summed E-state index contributed by atoms with van der Waals surface area (Å²) < 4.78 is 0. The molecule has 3 heteroatoms. The van der Waals surface area contributed by atoms with Gasteiger partial charge in [0, 0.05) is 23.2 Å². The Bertz CT molecular complexity index is 411. The third kappa shape index (κ3) is 3.26. The van der Waals surface area contributed by atoms with Crippen molar-refractivity contribution in [3.05, 3.63) is 51.7 Å². The van der Waals surface area contributed by atoms with E-state index >= 15 is 0 Å². The van der Waals surface area contributed by atoms with Crippen LogP contribution in [-0.4, -0.2) is 6.54 Å². The second-order valence-electron chi connectivity index (χ2n) is 3.18. The monoisotopic (exact) mass is 236 g/mol. The first-order valence-electron chi connectivity index (χ1n) is 4.78. The van der Waals surface area contributed by atoms with Gasteiger partial charge in [-0.3, -0.25) is 0 Å². The SMILES string of the molecule is Clc1[c]ccc(NCCc2cccs2)c1. The number of anilines is 1. The van der Waals surface area contributed by atoms with Crippen LogP contribution in [0.25, 0.3) is 0 Å². The summed E-state index contributed by atoms with van der Waals surface area (Å²) in [6, 6.07) is 12.8. The number of thiophene rings is 1. The molecular formula is C12H11ClNS. The van der Waals surface area contributed by atoms with Gasteiger partial charge >= 0.3 is 0 Å². The molecule has 77 valence electrons. The summed E-state index contributed by atoms with van der Waals surface area (Å²) in [4.78, 5) is 1.40. The Balaban J connectivity index is 1.83. The predicted molar refractivity (Wildman–Crippen MR) is 66.8 cm³/mol. The third-order valence-electron chi connectivity index (χ3n) is 2.05. The zero-order chi connectivity index (χ0) is 10.5. The van der Waals surface area contributed by atoms with E-state index in [1.54, 1.807) is 11.3 Å². The largest absolute Gasteiger partial charge is 0.385 e. The van der Waals surface area contributed by atoms with Crippen LogP contribution in [0.5, 0.6) is 0 Å². The Morgan fingerprint density at radius 3 is 3.07 bits per heavy atom. The lowest BCUT2D eigenvalue weighted by molar-refractivity contribution is 1.04. The van der Waals surface area contributed by atoms with Gasteiger partial charge in [-0.05, 0) is 30.0 Å². The van der Waals surface area contributed by atoms with Crippen LogP contribution >= 0.6 is 22.9 Å². The van der Waals surface area contributed by atoms with Crippen LogP contribution in [-0.2, 0) is 6.42 Å². The van der Waals surface area contributed by atoms with Crippen LogP contribution in [0.3, 0.4) is 0 Å². The fraction of sp³-hybridized carbons (Fsp3) is 0.167. The van der Waals surface area contributed by atoms with Crippen molar-refractivity contribution in [1.29, 1.82) is 0 Å². The second kappa shape index (κ2) is 5.19. The topological polar surface area (TPSA) is 12.0 Å². The van der Waals surface area contributed by atoms with Crippen LogP contribution < -0.4 is 5.32 Å². The molecule has 1 N–H and O–H groups in total. The van der Waals surface area contributed by atoms with Crippen molar-refractivity contribution < 1.29 is 0 Å². The van der Waals surface area contributed by atoms with Crippen molar-refractivity contribution in [2.45, 2.75) is 6.42 Å². The first-order chi connectivity index (χ1) is 7.34. The van der Waals surface area contributed by atoms with Gasteiger partial charge in [0.2, 0.25) is 0 Å². The zero-order valence-electron chi connectivity index (χ0n) is 8.16. The molecule has 0 aliphatic rings. The minimum absolute atomic E-state index is 0.649. The molecule has 0 saturated carbocycles. The molecule has 0 aliphatic heterocycles. The standard InChI is InChI=1S/C12H11ClNS/c13-10-3-1-4-11(9-10)14-7-6-12-5-2-8-15-12/h1-2,4-5,8-9,14H,6-7H2. The Kier molecular flexibility index (Phi) is 3.64. The molecular weight excluding hydrogens is 226 g/mol. The van der Waals surface area contributed by atoms with Crippen LogP contribution in [0.1, 0.15) is 4.88 Å². The minimum atomic E-state index is 0.649. The highest BCUT2D eigenvalue weighted by Gasteiger charge is 1.95. The molecule has 1 radical (unpaired) electrons. The maximum atomic E-state index is 5.83. The summed E-state index contributed by atoms with van der Waals surface area (Å²) >= 11 is 7.62. The molecule has 2 rings (SSSR count). The second-order valence-corrected chi connectivity index (χ2v) is 4.62. The molecule has 1 aromatic carbocycles. The molecule has 15 heavy (non-hydrogen) atoms. The van der Waals surface area contributed by atoms with Gasteiger partial charge in [0.15, 0.2) is 0 Å². The summed E-state index contributed by atoms with van der Waals surface area (Å²) in [7, 11) is 0. The number of benzene rings is 1. The molecule has 0 bridgehead atoms. The van der Waals surface area contributed by atoms with Crippen molar-refractivity contribution in [3.63, 3.8) is 0 Å². The molecule has 0 aliphatic carbocycles. The molecule has 0 unspecified atom stereocenters. The van der Waals surface area contributed by atoms with Gasteiger partial charge in [-0.25, -0.2) is 0 Å². The van der Waals surface area contributed by atoms with Crippen molar-refractivity contribution >= 4 is 28.6 Å². The Morgan fingerprint density at radius 2 is 2.33 bits per heavy atom. The van der Waals surface area contributed by atoms with E-state index in [-0.39, 0.29) is 0 Å². The maximum Gasteiger partial charge on any atom is 0.0505 e. The van der Waals surface area contributed by atoms with E-state index in [0.717, 1.165) is 18.7 Å². The molecule has 1 nitrogen and oxygen atoms in total. The summed E-state index contributed by atoms with van der Waals surface area (Å²) in [5, 5.41) is 6.08. The van der Waals surface area contributed by atoms with Crippen molar-refractivity contribution in [3.8, 4) is 0 Å². The Morgan fingerprint density at radius 1 is 1.40 bits per heavy atom. The lowest BCUT2D eigenvalue weighted by atomic mass is 10.3. The van der Waals surface area contributed by atoms with E-state index in [1.807, 2.05) is 18.2 Å². The van der Waals surface area contributed by atoms with E-state index in [4.69, 9.17) is 11.6 Å². The highest BCUT2D eigenvalue weighted by molar-refractivity contribution is 7.09. The molecule has 0 fully saturated rings. The van der Waals surface area contributed by atoms with E-state index in [9.17, 15) is 0 Å². The number of hydrogen-bond acceptors (Lipinski definition) is 2. The van der Waals surface area contributed by atoms with E-state index < -0.39 is 0 Å². The smallest absolute Gasteiger partial charge is 0.0505 e. The maximum absolute atomic E-state index is 5.83. The zero-order valence-corrected chi connectivity index (χ0v) is 9.74. The highest BCUT2D eigenvalue weighted by atomic mass is 35.5. The lowest BCUT2D eigenvalue weighted by Crippen LogP contribution is -2.03. The van der Waals surface area contributed by atoms with Crippen LogP contribution in [0.4, 0.5) is 5.69 Å². The molecule has 0 atom stereocenters. The van der Waals surface area contributed by atoms with Crippen molar-refractivity contribution in [2.75, 3.05) is 11.9 Å². The van der Waals surface area contributed by atoms with E-state index in [2.05, 4.69) is 28.9 Å². The van der Waals surface area contributed by atoms with Crippen molar-refractivity contribution in [2.24, 2.45) is 0 Å². The Labute approximate surface area is 98.7 Å². The molecule has 1 aromatic heterocycles. The molecule has 0 saturated heterocycles. The lowest BCUT2D eigenvalue weighted by Gasteiger charge is -2.05.